The fourth-order valence-electron chi connectivity index (χ4n) is 1.13. The number of halogens is 1. The molecule has 0 aliphatic heterocycles. The molecule has 0 spiro atoms. The summed E-state index contributed by atoms with van der Waals surface area (Å²) >= 11 is 3.52. The minimum Gasteiger partial charge on any atom is -0.102 e. The number of rotatable bonds is 3. The van der Waals surface area contributed by atoms with Crippen molar-refractivity contribution in [2.75, 3.05) is 5.23 Å². The highest BCUT2D eigenvalue weighted by atomic mass is 79.9. The fraction of sp³-hybridized carbons (Fsp3) is 1.00. The van der Waals surface area contributed by atoms with Crippen molar-refractivity contribution in [1.82, 2.24) is 0 Å². The molecular formula is C7H16BBr. The van der Waals surface area contributed by atoms with Crippen LogP contribution in [0.4, 0.5) is 0 Å². The molecule has 0 aromatic carbocycles. The van der Waals surface area contributed by atoms with Crippen molar-refractivity contribution in [2.24, 2.45) is 0 Å². The highest BCUT2D eigenvalue weighted by molar-refractivity contribution is 9.09. The Balaban J connectivity index is 3.68. The molecule has 0 saturated heterocycles. The summed E-state index contributed by atoms with van der Waals surface area (Å²) in [5, 5.41) is 1.14. The molecule has 0 bridgehead atoms. The van der Waals surface area contributed by atoms with Crippen molar-refractivity contribution >= 4 is 22.6 Å². The highest BCUT2D eigenvalue weighted by Crippen LogP contribution is 2.20. The molecule has 0 aliphatic rings. The lowest BCUT2D eigenvalue weighted by molar-refractivity contribution is 0.941. The summed E-state index contributed by atoms with van der Waals surface area (Å²) in [7, 11) is 0. The van der Waals surface area contributed by atoms with E-state index >= 15 is 0 Å². The Morgan fingerprint density at radius 2 is 1.44 bits per heavy atom. The standard InChI is InChI=1S/C7H16BBr/c1-6(2)8(5-9)7(3)4/h6-7H,5H2,1-4H3. The van der Waals surface area contributed by atoms with Gasteiger partial charge in [-0.05, 0) is 5.23 Å². The molecule has 0 heterocycles. The van der Waals surface area contributed by atoms with Gasteiger partial charge in [0.1, 0.15) is 0 Å². The van der Waals surface area contributed by atoms with Gasteiger partial charge in [-0.15, -0.1) is 15.9 Å². The second-order valence-corrected chi connectivity index (χ2v) is 3.95. The van der Waals surface area contributed by atoms with E-state index in [1.165, 1.54) is 0 Å². The molecule has 0 aliphatic carbocycles. The minimum atomic E-state index is 0.810. The van der Waals surface area contributed by atoms with Gasteiger partial charge in [-0.3, -0.25) is 0 Å². The van der Waals surface area contributed by atoms with Crippen LogP contribution in [0.1, 0.15) is 27.7 Å². The van der Waals surface area contributed by atoms with Crippen LogP contribution < -0.4 is 0 Å². The summed E-state index contributed by atoms with van der Waals surface area (Å²) in [6.07, 6.45) is 0. The Hall–Kier alpha value is 0.545. The third-order valence-corrected chi connectivity index (χ3v) is 2.64. The van der Waals surface area contributed by atoms with E-state index in [1.807, 2.05) is 0 Å². The van der Waals surface area contributed by atoms with Gasteiger partial charge in [0.25, 0.3) is 0 Å². The average molecular weight is 191 g/mol. The number of hydrogen-bond donors (Lipinski definition) is 0. The topological polar surface area (TPSA) is 0 Å². The minimum absolute atomic E-state index is 0.810. The molecule has 0 unspecified atom stereocenters. The molecule has 0 amide bonds. The van der Waals surface area contributed by atoms with Gasteiger partial charge < -0.3 is 0 Å². The molecule has 0 aromatic heterocycles. The second kappa shape index (κ2) is 4.37. The van der Waals surface area contributed by atoms with Gasteiger partial charge in [-0.2, -0.15) is 0 Å². The maximum absolute atomic E-state index is 3.52. The predicted molar refractivity (Wildman–Crippen MR) is 49.7 cm³/mol. The van der Waals surface area contributed by atoms with Gasteiger partial charge in [-0.1, -0.05) is 39.3 Å². The van der Waals surface area contributed by atoms with Crippen LogP contribution in [0.2, 0.25) is 11.6 Å². The molecule has 54 valence electrons. The number of alkyl halides is 1. The van der Waals surface area contributed by atoms with Crippen LogP contribution in [-0.2, 0) is 0 Å². The molecule has 0 aromatic rings. The monoisotopic (exact) mass is 190 g/mol. The maximum atomic E-state index is 3.52. The average Bonchev–Trinajstić information content (AvgIpc) is 1.64. The van der Waals surface area contributed by atoms with Gasteiger partial charge in [0.15, 0.2) is 6.71 Å². The lowest BCUT2D eigenvalue weighted by atomic mass is 9.37. The lowest BCUT2D eigenvalue weighted by Crippen LogP contribution is -2.22. The molecule has 0 N–H and O–H groups in total. The summed E-state index contributed by atoms with van der Waals surface area (Å²) < 4.78 is 0. The normalized spacial score (nSPS) is 11.0. The zero-order chi connectivity index (χ0) is 7.44. The van der Waals surface area contributed by atoms with Crippen LogP contribution in [0.3, 0.4) is 0 Å². The van der Waals surface area contributed by atoms with Crippen LogP contribution in [0.5, 0.6) is 0 Å². The van der Waals surface area contributed by atoms with E-state index in [2.05, 4.69) is 43.6 Å². The van der Waals surface area contributed by atoms with Crippen LogP contribution >= 0.6 is 15.9 Å². The summed E-state index contributed by atoms with van der Waals surface area (Å²) in [4.78, 5) is 0. The molecule has 0 nitrogen and oxygen atoms in total. The first-order valence-corrected chi connectivity index (χ1v) is 4.77. The van der Waals surface area contributed by atoms with Crippen LogP contribution in [0.25, 0.3) is 0 Å². The lowest BCUT2D eigenvalue weighted by Gasteiger charge is -2.17. The second-order valence-electron chi connectivity index (χ2n) is 3.31. The highest BCUT2D eigenvalue weighted by Gasteiger charge is 2.19. The van der Waals surface area contributed by atoms with Gasteiger partial charge in [0.05, 0.1) is 0 Å². The Kier molecular flexibility index (Phi) is 4.64. The molecule has 9 heavy (non-hydrogen) atoms. The first-order valence-electron chi connectivity index (χ1n) is 3.65. The Labute approximate surface area is 67.6 Å². The van der Waals surface area contributed by atoms with Crippen molar-refractivity contribution in [3.8, 4) is 0 Å². The fourth-order valence-corrected chi connectivity index (χ4v) is 2.62. The Morgan fingerprint density at radius 3 is 1.44 bits per heavy atom. The maximum Gasteiger partial charge on any atom is 0.157 e. The summed E-state index contributed by atoms with van der Waals surface area (Å²) in [6, 6.07) is 0. The molecule has 2 heteroatoms. The Morgan fingerprint density at radius 1 is 1.11 bits per heavy atom. The van der Waals surface area contributed by atoms with Crippen LogP contribution in [0, 0.1) is 0 Å². The van der Waals surface area contributed by atoms with Gasteiger partial charge in [0.2, 0.25) is 0 Å². The molecular weight excluding hydrogens is 175 g/mol. The zero-order valence-corrected chi connectivity index (χ0v) is 8.40. The number of hydrogen-bond acceptors (Lipinski definition) is 0. The summed E-state index contributed by atoms with van der Waals surface area (Å²) in [5.41, 5.74) is 0. The van der Waals surface area contributed by atoms with E-state index in [9.17, 15) is 0 Å². The smallest absolute Gasteiger partial charge is 0.102 e. The largest absolute Gasteiger partial charge is 0.157 e. The third-order valence-electron chi connectivity index (χ3n) is 1.89. The van der Waals surface area contributed by atoms with Crippen molar-refractivity contribution in [1.29, 1.82) is 0 Å². The molecule has 0 fully saturated rings. The van der Waals surface area contributed by atoms with E-state index in [0.29, 0.717) is 0 Å². The quantitative estimate of drug-likeness (QED) is 0.474. The van der Waals surface area contributed by atoms with E-state index in [4.69, 9.17) is 0 Å². The van der Waals surface area contributed by atoms with Gasteiger partial charge in [0, 0.05) is 0 Å². The SMILES string of the molecule is CC(C)B(CBr)C(C)C. The van der Waals surface area contributed by atoms with Crippen molar-refractivity contribution < 1.29 is 0 Å². The Bertz CT molecular complexity index is 63.3. The molecule has 0 saturated carbocycles. The summed E-state index contributed by atoms with van der Waals surface area (Å²) in [6.45, 7) is 9.97. The predicted octanol–water partition coefficient (Wildman–Crippen LogP) is 3.24. The molecule has 0 atom stereocenters. The summed E-state index contributed by atoms with van der Waals surface area (Å²) in [5.74, 6) is 1.62. The van der Waals surface area contributed by atoms with E-state index in [1.54, 1.807) is 0 Å². The van der Waals surface area contributed by atoms with E-state index in [0.717, 1.165) is 23.6 Å². The third kappa shape index (κ3) is 3.29. The van der Waals surface area contributed by atoms with E-state index < -0.39 is 0 Å². The first-order chi connectivity index (χ1) is 4.09. The van der Waals surface area contributed by atoms with Gasteiger partial charge >= 0.3 is 0 Å². The van der Waals surface area contributed by atoms with E-state index in [-0.39, 0.29) is 0 Å². The van der Waals surface area contributed by atoms with Crippen molar-refractivity contribution in [2.45, 2.75) is 39.3 Å². The van der Waals surface area contributed by atoms with Crippen molar-refractivity contribution in [3.63, 3.8) is 0 Å². The molecule has 0 radical (unpaired) electrons. The van der Waals surface area contributed by atoms with Crippen LogP contribution in [-0.4, -0.2) is 11.9 Å². The van der Waals surface area contributed by atoms with Crippen LogP contribution in [0.15, 0.2) is 0 Å². The van der Waals surface area contributed by atoms with Crippen molar-refractivity contribution in [3.05, 3.63) is 0 Å². The first kappa shape index (κ1) is 9.54. The molecule has 0 rings (SSSR count). The zero-order valence-electron chi connectivity index (χ0n) is 6.82. The van der Waals surface area contributed by atoms with Gasteiger partial charge in [-0.25, -0.2) is 0 Å².